The zero-order valence-corrected chi connectivity index (χ0v) is 27.5. The van der Waals surface area contributed by atoms with Gasteiger partial charge in [0.1, 0.15) is 16.4 Å². The lowest BCUT2D eigenvalue weighted by molar-refractivity contribution is 0.152. The number of carbonyl (C=O) groups is 2. The van der Waals surface area contributed by atoms with E-state index in [0.29, 0.717) is 38.9 Å². The molecule has 0 saturated heterocycles. The van der Waals surface area contributed by atoms with Crippen molar-refractivity contribution in [1.29, 1.82) is 0 Å². The molecule has 0 spiro atoms. The number of nitrogens with zero attached hydrogens (tertiary/aromatic N) is 2. The van der Waals surface area contributed by atoms with Crippen LogP contribution in [0.3, 0.4) is 0 Å². The van der Waals surface area contributed by atoms with Gasteiger partial charge in [-0.2, -0.15) is 8.42 Å². The van der Waals surface area contributed by atoms with Gasteiger partial charge in [0.25, 0.3) is 10.1 Å². The number of benzene rings is 3. The fourth-order valence-corrected chi connectivity index (χ4v) is 7.47. The Morgan fingerprint density at radius 2 is 1.18 bits per heavy atom. The first-order valence-corrected chi connectivity index (χ1v) is 15.9. The average Bonchev–Trinajstić information content (AvgIpc) is 3.20. The lowest BCUT2D eigenvalue weighted by atomic mass is 9.73. The SMILES string of the molecule is Cc1c(C2(c3cc(C(C)C)c(O)c(CN(C)C(=O)O)c3C)OS(=O)(=O)c3ccccc32)cc(C(C)C)c(O)c1CN(C)C(=O)O. The third-order valence-electron chi connectivity index (χ3n) is 8.65. The lowest BCUT2D eigenvalue weighted by Crippen LogP contribution is -2.34. The van der Waals surface area contributed by atoms with E-state index in [1.165, 1.54) is 20.2 Å². The van der Waals surface area contributed by atoms with E-state index in [4.69, 9.17) is 4.18 Å². The maximum Gasteiger partial charge on any atom is 0.407 e. The minimum Gasteiger partial charge on any atom is -0.507 e. The maximum absolute atomic E-state index is 13.8. The van der Waals surface area contributed by atoms with Crippen LogP contribution in [0.4, 0.5) is 9.59 Å². The van der Waals surface area contributed by atoms with Crippen molar-refractivity contribution in [3.05, 3.63) is 86.5 Å². The van der Waals surface area contributed by atoms with Crippen LogP contribution in [0.1, 0.15) is 89.6 Å². The Morgan fingerprint density at radius 1 is 0.778 bits per heavy atom. The van der Waals surface area contributed by atoms with Crippen molar-refractivity contribution in [2.24, 2.45) is 0 Å². The van der Waals surface area contributed by atoms with Crippen LogP contribution in [0.2, 0.25) is 0 Å². The Morgan fingerprint density at radius 3 is 1.56 bits per heavy atom. The second-order valence-electron chi connectivity index (χ2n) is 12.2. The van der Waals surface area contributed by atoms with Crippen molar-refractivity contribution in [2.45, 2.75) is 77.0 Å². The second kappa shape index (κ2) is 11.9. The van der Waals surface area contributed by atoms with Crippen molar-refractivity contribution in [3.63, 3.8) is 0 Å². The molecule has 0 atom stereocenters. The summed E-state index contributed by atoms with van der Waals surface area (Å²) >= 11 is 0. The summed E-state index contributed by atoms with van der Waals surface area (Å²) in [6.07, 6.45) is -2.43. The molecule has 3 aromatic carbocycles. The topological polar surface area (TPSA) is 165 Å². The Balaban J connectivity index is 2.26. The minimum absolute atomic E-state index is 0.0597. The fraction of sp³-hybridized carbons (Fsp3) is 0.394. The van der Waals surface area contributed by atoms with Crippen LogP contribution in [0.15, 0.2) is 41.3 Å². The van der Waals surface area contributed by atoms with Gasteiger partial charge in [0, 0.05) is 30.8 Å². The molecule has 2 amide bonds. The molecule has 4 N–H and O–H groups in total. The van der Waals surface area contributed by atoms with Crippen molar-refractivity contribution in [1.82, 2.24) is 9.80 Å². The molecule has 1 aliphatic rings. The molecule has 45 heavy (non-hydrogen) atoms. The summed E-state index contributed by atoms with van der Waals surface area (Å²) in [6, 6.07) is 9.76. The zero-order chi connectivity index (χ0) is 33.8. The Bertz CT molecular complexity index is 1710. The van der Waals surface area contributed by atoms with Gasteiger partial charge in [-0.25, -0.2) is 13.8 Å². The zero-order valence-electron chi connectivity index (χ0n) is 26.7. The number of carboxylic acid groups (broad SMARTS) is 2. The van der Waals surface area contributed by atoms with Gasteiger partial charge in [0.2, 0.25) is 0 Å². The monoisotopic (exact) mass is 640 g/mol. The third kappa shape index (κ3) is 5.57. The van der Waals surface area contributed by atoms with E-state index < -0.39 is 27.9 Å². The van der Waals surface area contributed by atoms with E-state index in [-0.39, 0.29) is 52.4 Å². The standard InChI is InChI=1S/C33H40N2O9S/c1-17(2)21-13-26(19(5)23(29(21)36)15-34(7)31(38)39)33(25-11-9-10-12-28(25)45(42,43)44-33)27-14-22(18(3)4)30(37)24(20(27)6)16-35(8)32(40)41/h9-14,17-18,36-37H,15-16H2,1-8H3,(H,38,39)(H,40,41). The highest BCUT2D eigenvalue weighted by Crippen LogP contribution is 2.55. The van der Waals surface area contributed by atoms with E-state index in [2.05, 4.69) is 0 Å². The van der Waals surface area contributed by atoms with Crippen LogP contribution >= 0.6 is 0 Å². The quantitative estimate of drug-likeness (QED) is 0.210. The molecule has 0 fully saturated rings. The first-order valence-electron chi connectivity index (χ1n) is 14.5. The fourth-order valence-electron chi connectivity index (χ4n) is 6.06. The molecule has 0 radical (unpaired) electrons. The number of hydrogen-bond acceptors (Lipinski definition) is 7. The van der Waals surface area contributed by atoms with E-state index in [9.17, 15) is 38.4 Å². The average molecular weight is 641 g/mol. The van der Waals surface area contributed by atoms with Crippen LogP contribution < -0.4 is 0 Å². The normalized spacial score (nSPS) is 14.9. The number of amides is 2. The second-order valence-corrected chi connectivity index (χ2v) is 13.7. The number of rotatable bonds is 8. The smallest absolute Gasteiger partial charge is 0.407 e. The summed E-state index contributed by atoms with van der Waals surface area (Å²) in [4.78, 5) is 25.7. The van der Waals surface area contributed by atoms with Gasteiger partial charge < -0.3 is 30.2 Å². The van der Waals surface area contributed by atoms with E-state index in [0.717, 1.165) is 9.80 Å². The van der Waals surface area contributed by atoms with E-state index in [1.807, 2.05) is 27.7 Å². The van der Waals surface area contributed by atoms with E-state index >= 15 is 0 Å². The summed E-state index contributed by atoms with van der Waals surface area (Å²) in [5, 5.41) is 42.2. The number of phenolic OH excluding ortho intramolecular Hbond substituents is 2. The van der Waals surface area contributed by atoms with E-state index in [1.54, 1.807) is 44.2 Å². The number of aromatic hydroxyl groups is 2. The van der Waals surface area contributed by atoms with Crippen LogP contribution in [-0.2, 0) is 33.0 Å². The highest BCUT2D eigenvalue weighted by Gasteiger charge is 2.53. The minimum atomic E-state index is -4.36. The van der Waals surface area contributed by atoms with Gasteiger partial charge in [-0.3, -0.25) is 0 Å². The molecule has 242 valence electrons. The summed E-state index contributed by atoms with van der Waals surface area (Å²) in [7, 11) is -1.62. The third-order valence-corrected chi connectivity index (χ3v) is 10.0. The van der Waals surface area contributed by atoms with Crippen molar-refractivity contribution in [3.8, 4) is 11.5 Å². The largest absolute Gasteiger partial charge is 0.507 e. The Labute approximate surface area is 263 Å². The molecule has 11 nitrogen and oxygen atoms in total. The summed E-state index contributed by atoms with van der Waals surface area (Å²) < 4.78 is 33.9. The predicted molar refractivity (Wildman–Crippen MR) is 167 cm³/mol. The molecule has 0 aliphatic carbocycles. The van der Waals surface area contributed by atoms with Crippen molar-refractivity contribution < 1.29 is 42.6 Å². The van der Waals surface area contributed by atoms with Crippen LogP contribution in [0.25, 0.3) is 0 Å². The number of fused-ring (bicyclic) bond motifs is 1. The predicted octanol–water partition coefficient (Wildman–Crippen LogP) is 6.19. The van der Waals surface area contributed by atoms with Crippen LogP contribution in [0, 0.1) is 13.8 Å². The molecule has 1 heterocycles. The van der Waals surface area contributed by atoms with Crippen LogP contribution in [0.5, 0.6) is 11.5 Å². The van der Waals surface area contributed by atoms with Gasteiger partial charge >= 0.3 is 12.2 Å². The van der Waals surface area contributed by atoms with Gasteiger partial charge in [-0.05, 0) is 77.3 Å². The number of hydrogen-bond donors (Lipinski definition) is 4. The molecule has 0 saturated carbocycles. The molecule has 0 unspecified atom stereocenters. The molecular weight excluding hydrogens is 600 g/mol. The molecule has 12 heteroatoms. The molecular formula is C33H40N2O9S. The maximum atomic E-state index is 13.8. The van der Waals surface area contributed by atoms with Crippen molar-refractivity contribution in [2.75, 3.05) is 14.1 Å². The Hall–Kier alpha value is -4.29. The van der Waals surface area contributed by atoms with Gasteiger partial charge in [0.15, 0.2) is 5.60 Å². The highest BCUT2D eigenvalue weighted by molar-refractivity contribution is 7.87. The van der Waals surface area contributed by atoms with Crippen molar-refractivity contribution >= 4 is 22.3 Å². The molecule has 0 bridgehead atoms. The summed E-state index contributed by atoms with van der Waals surface area (Å²) in [5.41, 5.74) is 1.52. The number of phenols is 2. The molecule has 1 aliphatic heterocycles. The lowest BCUT2D eigenvalue weighted by Gasteiger charge is -2.36. The molecule has 4 rings (SSSR count). The first-order chi connectivity index (χ1) is 20.9. The molecule has 3 aromatic rings. The first kappa shape index (κ1) is 33.6. The van der Waals surface area contributed by atoms with Gasteiger partial charge in [-0.15, -0.1) is 0 Å². The van der Waals surface area contributed by atoms with Gasteiger partial charge in [-0.1, -0.05) is 45.9 Å². The van der Waals surface area contributed by atoms with Crippen LogP contribution in [-0.4, -0.2) is 64.9 Å². The van der Waals surface area contributed by atoms with Gasteiger partial charge in [0.05, 0.1) is 13.1 Å². The highest BCUT2D eigenvalue weighted by atomic mass is 32.2. The summed E-state index contributed by atoms with van der Waals surface area (Å²) in [6.45, 7) is 10.4. The Kier molecular flexibility index (Phi) is 8.89. The summed E-state index contributed by atoms with van der Waals surface area (Å²) in [5.74, 6) is -0.707. The molecule has 0 aromatic heterocycles.